The van der Waals surface area contributed by atoms with Crippen molar-refractivity contribution in [1.29, 1.82) is 0 Å². The number of rotatable bonds is 3. The summed E-state index contributed by atoms with van der Waals surface area (Å²) < 4.78 is 2.06. The largest absolute Gasteiger partial charge is 0.351 e. The number of urea groups is 1. The first-order chi connectivity index (χ1) is 8.65. The summed E-state index contributed by atoms with van der Waals surface area (Å²) in [6, 6.07) is 7.95. The van der Waals surface area contributed by atoms with Gasteiger partial charge in [0.2, 0.25) is 0 Å². The molecule has 1 N–H and O–H groups in total. The van der Waals surface area contributed by atoms with Gasteiger partial charge in [-0.3, -0.25) is 0 Å². The number of hydrogen-bond acceptors (Lipinski definition) is 1. The predicted octanol–water partition coefficient (Wildman–Crippen LogP) is 3.05. The lowest BCUT2D eigenvalue weighted by molar-refractivity contribution is 0.217. The molecule has 1 heterocycles. The topological polar surface area (TPSA) is 37.3 Å². The SMILES string of the molecule is CCN(CC)C(=O)Nc1ccc2c(ccn2C)c1. The van der Waals surface area contributed by atoms with Crippen LogP contribution in [0.15, 0.2) is 30.5 Å². The summed E-state index contributed by atoms with van der Waals surface area (Å²) >= 11 is 0. The lowest BCUT2D eigenvalue weighted by atomic mass is 10.2. The average molecular weight is 245 g/mol. The minimum atomic E-state index is -0.0460. The van der Waals surface area contributed by atoms with E-state index in [4.69, 9.17) is 0 Å². The molecule has 0 saturated carbocycles. The third-order valence-electron chi connectivity index (χ3n) is 3.19. The summed E-state index contributed by atoms with van der Waals surface area (Å²) in [5, 5.41) is 4.06. The van der Waals surface area contributed by atoms with Crippen molar-refractivity contribution in [2.45, 2.75) is 13.8 Å². The number of anilines is 1. The third kappa shape index (κ3) is 2.32. The number of aryl methyl sites for hydroxylation is 1. The van der Waals surface area contributed by atoms with Crippen molar-refractivity contribution in [2.24, 2.45) is 7.05 Å². The van der Waals surface area contributed by atoms with Gasteiger partial charge >= 0.3 is 6.03 Å². The monoisotopic (exact) mass is 245 g/mol. The minimum Gasteiger partial charge on any atom is -0.351 e. The number of nitrogens with zero attached hydrogens (tertiary/aromatic N) is 2. The molecule has 0 atom stereocenters. The number of fused-ring (bicyclic) bond motifs is 1. The second-order valence-corrected chi connectivity index (χ2v) is 4.30. The molecule has 4 nitrogen and oxygen atoms in total. The highest BCUT2D eigenvalue weighted by Crippen LogP contribution is 2.19. The molecule has 0 aliphatic rings. The Morgan fingerprint density at radius 2 is 2.00 bits per heavy atom. The Morgan fingerprint density at radius 1 is 1.28 bits per heavy atom. The molecule has 4 heteroatoms. The van der Waals surface area contributed by atoms with Gasteiger partial charge in [-0.25, -0.2) is 4.79 Å². The van der Waals surface area contributed by atoms with E-state index in [1.54, 1.807) is 4.90 Å². The van der Waals surface area contributed by atoms with Gasteiger partial charge in [0.05, 0.1) is 0 Å². The molecule has 0 spiro atoms. The summed E-state index contributed by atoms with van der Waals surface area (Å²) in [4.78, 5) is 13.7. The Morgan fingerprint density at radius 3 is 2.67 bits per heavy atom. The maximum absolute atomic E-state index is 11.9. The van der Waals surface area contributed by atoms with Crippen LogP contribution >= 0.6 is 0 Å². The van der Waals surface area contributed by atoms with Gasteiger partial charge in [-0.1, -0.05) is 0 Å². The van der Waals surface area contributed by atoms with Crippen LogP contribution in [0.1, 0.15) is 13.8 Å². The van der Waals surface area contributed by atoms with Crippen LogP contribution in [-0.4, -0.2) is 28.6 Å². The van der Waals surface area contributed by atoms with Gasteiger partial charge in [0.1, 0.15) is 0 Å². The zero-order valence-electron chi connectivity index (χ0n) is 11.1. The Labute approximate surface area is 107 Å². The van der Waals surface area contributed by atoms with Crippen molar-refractivity contribution in [2.75, 3.05) is 18.4 Å². The zero-order valence-corrected chi connectivity index (χ0v) is 11.1. The highest BCUT2D eigenvalue weighted by molar-refractivity contribution is 5.92. The van der Waals surface area contributed by atoms with Gasteiger partial charge in [-0.15, -0.1) is 0 Å². The number of hydrogen-bond donors (Lipinski definition) is 1. The summed E-state index contributed by atoms with van der Waals surface area (Å²) in [5.41, 5.74) is 2.00. The van der Waals surface area contributed by atoms with E-state index < -0.39 is 0 Å². The number of amides is 2. The molecule has 0 saturated heterocycles. The van der Waals surface area contributed by atoms with E-state index in [0.717, 1.165) is 29.7 Å². The summed E-state index contributed by atoms with van der Waals surface area (Å²) in [6.07, 6.45) is 2.01. The van der Waals surface area contributed by atoms with Crippen LogP contribution in [-0.2, 0) is 7.05 Å². The van der Waals surface area contributed by atoms with E-state index in [1.165, 1.54) is 0 Å². The van der Waals surface area contributed by atoms with Gasteiger partial charge in [-0.05, 0) is 38.1 Å². The maximum Gasteiger partial charge on any atom is 0.321 e. The fourth-order valence-electron chi connectivity index (χ4n) is 2.07. The molecule has 96 valence electrons. The molecule has 0 fully saturated rings. The molecule has 2 aromatic rings. The molecule has 0 bridgehead atoms. The highest BCUT2D eigenvalue weighted by atomic mass is 16.2. The van der Waals surface area contributed by atoms with Crippen LogP contribution in [0.5, 0.6) is 0 Å². The second kappa shape index (κ2) is 5.12. The Kier molecular flexibility index (Phi) is 3.55. The summed E-state index contributed by atoms with van der Waals surface area (Å²) in [5.74, 6) is 0. The van der Waals surface area contributed by atoms with Crippen molar-refractivity contribution in [3.05, 3.63) is 30.5 Å². The molecular weight excluding hydrogens is 226 g/mol. The molecule has 0 radical (unpaired) electrons. The van der Waals surface area contributed by atoms with Gasteiger partial charge in [0, 0.05) is 42.9 Å². The van der Waals surface area contributed by atoms with E-state index in [0.29, 0.717) is 0 Å². The van der Waals surface area contributed by atoms with Crippen molar-refractivity contribution in [3.8, 4) is 0 Å². The highest BCUT2D eigenvalue weighted by Gasteiger charge is 2.09. The Hall–Kier alpha value is -1.97. The standard InChI is InChI=1S/C14H19N3O/c1-4-17(5-2)14(18)15-12-6-7-13-11(10-12)8-9-16(13)3/h6-10H,4-5H2,1-3H3,(H,15,18). The van der Waals surface area contributed by atoms with Crippen molar-refractivity contribution in [3.63, 3.8) is 0 Å². The Balaban J connectivity index is 2.19. The van der Waals surface area contributed by atoms with E-state index in [1.807, 2.05) is 51.4 Å². The van der Waals surface area contributed by atoms with Crippen LogP contribution in [0.2, 0.25) is 0 Å². The van der Waals surface area contributed by atoms with Crippen LogP contribution in [0.25, 0.3) is 10.9 Å². The second-order valence-electron chi connectivity index (χ2n) is 4.30. The van der Waals surface area contributed by atoms with Crippen LogP contribution in [0.4, 0.5) is 10.5 Å². The van der Waals surface area contributed by atoms with Crippen molar-refractivity contribution < 1.29 is 4.79 Å². The van der Waals surface area contributed by atoms with Gasteiger partial charge < -0.3 is 14.8 Å². The van der Waals surface area contributed by atoms with Gasteiger partial charge in [0.15, 0.2) is 0 Å². The van der Waals surface area contributed by atoms with Crippen LogP contribution in [0, 0.1) is 0 Å². The molecule has 2 amide bonds. The number of aromatic nitrogens is 1. The normalized spacial score (nSPS) is 10.6. The molecule has 0 unspecified atom stereocenters. The molecule has 0 aliphatic carbocycles. The van der Waals surface area contributed by atoms with Gasteiger partial charge in [-0.2, -0.15) is 0 Å². The lowest BCUT2D eigenvalue weighted by Crippen LogP contribution is -2.34. The average Bonchev–Trinajstić information content (AvgIpc) is 2.72. The first-order valence-corrected chi connectivity index (χ1v) is 6.26. The zero-order chi connectivity index (χ0) is 13.1. The smallest absolute Gasteiger partial charge is 0.321 e. The number of nitrogens with one attached hydrogen (secondary N) is 1. The molecular formula is C14H19N3O. The molecule has 1 aromatic carbocycles. The van der Waals surface area contributed by atoms with Crippen molar-refractivity contribution >= 4 is 22.6 Å². The predicted molar refractivity (Wildman–Crippen MR) is 74.9 cm³/mol. The lowest BCUT2D eigenvalue weighted by Gasteiger charge is -2.19. The summed E-state index contributed by atoms with van der Waals surface area (Å²) in [6.45, 7) is 5.39. The summed E-state index contributed by atoms with van der Waals surface area (Å²) in [7, 11) is 2.01. The quantitative estimate of drug-likeness (QED) is 0.886. The molecule has 0 aliphatic heterocycles. The molecule has 2 rings (SSSR count). The number of benzene rings is 1. The maximum atomic E-state index is 11.9. The first-order valence-electron chi connectivity index (χ1n) is 6.26. The van der Waals surface area contributed by atoms with Gasteiger partial charge in [0.25, 0.3) is 0 Å². The molecule has 18 heavy (non-hydrogen) atoms. The van der Waals surface area contributed by atoms with E-state index in [9.17, 15) is 4.79 Å². The van der Waals surface area contributed by atoms with Crippen LogP contribution < -0.4 is 5.32 Å². The first kappa shape index (κ1) is 12.5. The Bertz CT molecular complexity index is 555. The van der Waals surface area contributed by atoms with E-state index in [2.05, 4.69) is 9.88 Å². The third-order valence-corrected chi connectivity index (χ3v) is 3.19. The van der Waals surface area contributed by atoms with Crippen molar-refractivity contribution in [1.82, 2.24) is 9.47 Å². The molecule has 1 aromatic heterocycles. The van der Waals surface area contributed by atoms with E-state index in [-0.39, 0.29) is 6.03 Å². The minimum absolute atomic E-state index is 0.0460. The fraction of sp³-hybridized carbons (Fsp3) is 0.357. The number of carbonyl (C=O) groups is 1. The van der Waals surface area contributed by atoms with Crippen LogP contribution in [0.3, 0.4) is 0 Å². The number of carbonyl (C=O) groups excluding carboxylic acids is 1. The fourth-order valence-corrected chi connectivity index (χ4v) is 2.07. The van der Waals surface area contributed by atoms with E-state index >= 15 is 0 Å².